The van der Waals surface area contributed by atoms with E-state index in [0.29, 0.717) is 0 Å². The molecule has 1 aliphatic heterocycles. The monoisotopic (exact) mass is 285 g/mol. The third-order valence-corrected chi connectivity index (χ3v) is 8.00. The van der Waals surface area contributed by atoms with Gasteiger partial charge in [0.15, 0.2) is 0 Å². The molecule has 17 heavy (non-hydrogen) atoms. The van der Waals surface area contributed by atoms with Crippen LogP contribution in [0.4, 0.5) is 0 Å². The molecule has 6 heteroatoms. The van der Waals surface area contributed by atoms with Crippen molar-refractivity contribution in [2.45, 2.75) is 12.3 Å². The fourth-order valence-corrected chi connectivity index (χ4v) is 7.67. The Morgan fingerprint density at radius 2 is 2.06 bits per heavy atom. The van der Waals surface area contributed by atoms with Gasteiger partial charge in [0.25, 0.3) is 0 Å². The molecule has 1 aliphatic rings. The molecule has 1 aromatic carbocycles. The van der Waals surface area contributed by atoms with Crippen LogP contribution in [0.5, 0.6) is 0 Å². The van der Waals surface area contributed by atoms with E-state index in [1.807, 2.05) is 37.2 Å². The maximum atomic E-state index is 11.6. The number of hydrogen-bond acceptors (Lipinski definition) is 3. The van der Waals surface area contributed by atoms with Gasteiger partial charge in [-0.3, -0.25) is 18.2 Å². The summed E-state index contributed by atoms with van der Waals surface area (Å²) in [5, 5.41) is 3.39. The summed E-state index contributed by atoms with van der Waals surface area (Å²) in [6.07, 6.45) is 0. The van der Waals surface area contributed by atoms with Crippen molar-refractivity contribution in [1.82, 2.24) is 10.4 Å². The molecule has 2 rings (SSSR count). The number of rotatable bonds is 2. The Hall–Kier alpha value is -0.400. The van der Waals surface area contributed by atoms with Crippen LogP contribution in [-0.2, 0) is 14.0 Å². The second-order valence-electron chi connectivity index (χ2n) is 4.01. The van der Waals surface area contributed by atoms with Crippen LogP contribution in [0, 0.1) is 5.92 Å². The highest BCUT2D eigenvalue weighted by Gasteiger charge is 2.29. The number of carbonyl (C=O) groups excluding carboxylic acids is 1. The average Bonchev–Trinajstić information content (AvgIpc) is 2.54. The zero-order valence-electron chi connectivity index (χ0n) is 9.75. The lowest BCUT2D eigenvalue weighted by molar-refractivity contribution is -0.123. The molecule has 2 unspecified atom stereocenters. The van der Waals surface area contributed by atoms with Gasteiger partial charge in [-0.2, -0.15) is 0 Å². The Bertz CT molecular complexity index is 499. The van der Waals surface area contributed by atoms with E-state index in [4.69, 9.17) is 0 Å². The van der Waals surface area contributed by atoms with Crippen LogP contribution in [0.25, 0.3) is 0 Å². The first-order valence-corrected chi connectivity index (χ1v) is 9.35. The Morgan fingerprint density at radius 3 is 2.59 bits per heavy atom. The van der Waals surface area contributed by atoms with E-state index in [1.165, 1.54) is 12.7 Å². The zero-order valence-corrected chi connectivity index (χ0v) is 12.5. The van der Waals surface area contributed by atoms with Crippen molar-refractivity contribution in [2.75, 3.05) is 7.05 Å². The molecule has 92 valence electrons. The minimum absolute atomic E-state index is 0.0250. The third kappa shape index (κ3) is 2.89. The molecule has 0 bridgehead atoms. The number of nitrogens with one attached hydrogen (secondary N) is 1. The normalized spacial score (nSPS) is 27.1. The fourth-order valence-electron chi connectivity index (χ4n) is 1.80. The van der Waals surface area contributed by atoms with Crippen LogP contribution in [-0.4, -0.2) is 23.3 Å². The van der Waals surface area contributed by atoms with Crippen molar-refractivity contribution in [3.05, 3.63) is 30.3 Å². The Morgan fingerprint density at radius 1 is 1.41 bits per heavy atom. The molecule has 1 amide bonds. The molecule has 0 aromatic heterocycles. The lowest BCUT2D eigenvalue weighted by Crippen LogP contribution is -2.34. The van der Waals surface area contributed by atoms with E-state index >= 15 is 0 Å². The molecule has 3 nitrogen and oxygen atoms in total. The van der Waals surface area contributed by atoms with Crippen molar-refractivity contribution in [3.8, 4) is 0 Å². The molecule has 1 N–H and O–H groups in total. The Kier molecular flexibility index (Phi) is 4.22. The maximum absolute atomic E-state index is 11.6. The summed E-state index contributed by atoms with van der Waals surface area (Å²) >= 11 is 0. The van der Waals surface area contributed by atoms with Crippen LogP contribution >= 0.6 is 15.4 Å². The highest BCUT2D eigenvalue weighted by Crippen LogP contribution is 2.22. The second-order valence-corrected chi connectivity index (χ2v) is 9.90. The van der Waals surface area contributed by atoms with Gasteiger partial charge in [0.05, 0.1) is 0 Å². The van der Waals surface area contributed by atoms with Gasteiger partial charge in [-0.15, -0.1) is 0 Å². The largest absolute Gasteiger partial charge is 0.402 e. The number of amides is 1. The molecule has 1 fully saturated rings. The summed E-state index contributed by atoms with van der Waals surface area (Å²) in [6, 6.07) is 10.3. The predicted molar refractivity (Wildman–Crippen MR) is 77.5 cm³/mol. The standard InChI is InChI=1S/C11H15N2OP2S/c1-8-10(14)12-13(2)11(8)17(15)16-9-6-4-3-5-7-9/h3-8,11,15H,1-2H3,(H,12,14)/q-1. The average molecular weight is 285 g/mol. The van der Waals surface area contributed by atoms with E-state index in [1.54, 1.807) is 0 Å². The predicted octanol–water partition coefficient (Wildman–Crippen LogP) is 1.79. The molecular formula is C11H15N2OP2S-. The third-order valence-electron chi connectivity index (χ3n) is 2.70. The van der Waals surface area contributed by atoms with Gasteiger partial charge in [0, 0.05) is 13.0 Å². The van der Waals surface area contributed by atoms with Gasteiger partial charge in [0.2, 0.25) is 5.91 Å². The van der Waals surface area contributed by atoms with Crippen LogP contribution < -0.4 is 10.7 Å². The van der Waals surface area contributed by atoms with Crippen LogP contribution in [0.3, 0.4) is 0 Å². The van der Waals surface area contributed by atoms with Crippen molar-refractivity contribution in [2.24, 2.45) is 5.92 Å². The number of carbonyl (C=O) groups is 1. The highest BCUT2D eigenvalue weighted by atomic mass is 32.7. The summed E-state index contributed by atoms with van der Waals surface area (Å²) in [5.74, 6) is 0.133. The highest BCUT2D eigenvalue weighted by molar-refractivity contribution is 8.34. The quantitative estimate of drug-likeness (QED) is 0.663. The van der Waals surface area contributed by atoms with Crippen molar-refractivity contribution in [3.63, 3.8) is 0 Å². The van der Waals surface area contributed by atoms with E-state index < -0.39 is 0 Å². The van der Waals surface area contributed by atoms with Gasteiger partial charge in [-0.25, -0.2) is 12.4 Å². The Balaban J connectivity index is 2.26. The van der Waals surface area contributed by atoms with Gasteiger partial charge < -0.3 is 9.25 Å². The van der Waals surface area contributed by atoms with Crippen molar-refractivity contribution in [1.29, 1.82) is 0 Å². The summed E-state index contributed by atoms with van der Waals surface area (Å²) in [4.78, 5) is 11.6. The number of hydrogen-bond donors (Lipinski definition) is 1. The molecule has 1 heterocycles. The summed E-state index contributed by atoms with van der Waals surface area (Å²) < 4.78 is 0. The molecular weight excluding hydrogens is 270 g/mol. The topological polar surface area (TPSA) is 32.3 Å². The van der Waals surface area contributed by atoms with E-state index in [-0.39, 0.29) is 26.5 Å². The van der Waals surface area contributed by atoms with E-state index in [2.05, 4.69) is 25.6 Å². The van der Waals surface area contributed by atoms with Gasteiger partial charge in [-0.05, 0) is 10.7 Å². The molecule has 0 saturated carbocycles. The van der Waals surface area contributed by atoms with E-state index in [0.717, 1.165) is 0 Å². The van der Waals surface area contributed by atoms with Gasteiger partial charge >= 0.3 is 0 Å². The summed E-state index contributed by atoms with van der Waals surface area (Å²) in [7, 11) is 6.87. The number of benzene rings is 1. The SMILES string of the molecule is CC1C(=O)NN(C)C1[S-](=P)=Pc1ccccc1. The molecule has 1 aromatic rings. The number of hydrazine groups is 1. The smallest absolute Gasteiger partial charge is 0.236 e. The number of nitrogens with zero attached hydrogens (tertiary/aromatic N) is 1. The molecule has 0 spiro atoms. The molecule has 0 aliphatic carbocycles. The first-order valence-electron chi connectivity index (χ1n) is 5.34. The zero-order chi connectivity index (χ0) is 12.4. The van der Waals surface area contributed by atoms with Crippen molar-refractivity contribution >= 4 is 35.8 Å². The van der Waals surface area contributed by atoms with Gasteiger partial charge in [0.1, 0.15) is 0 Å². The first-order chi connectivity index (χ1) is 8.09. The molecule has 1 saturated heterocycles. The lowest BCUT2D eigenvalue weighted by Gasteiger charge is -2.28. The minimum Gasteiger partial charge on any atom is -0.402 e. The van der Waals surface area contributed by atoms with Crippen molar-refractivity contribution < 1.29 is 4.79 Å². The van der Waals surface area contributed by atoms with E-state index in [9.17, 15) is 4.79 Å². The lowest BCUT2D eigenvalue weighted by atomic mass is 10.2. The van der Waals surface area contributed by atoms with Crippen LogP contribution in [0.1, 0.15) is 6.92 Å². The summed E-state index contributed by atoms with van der Waals surface area (Å²) in [5.41, 5.74) is 2.85. The summed E-state index contributed by atoms with van der Waals surface area (Å²) in [6.45, 7) is 1.98. The Labute approximate surface area is 107 Å². The van der Waals surface area contributed by atoms with Crippen LogP contribution in [0.2, 0.25) is 0 Å². The molecule has 2 atom stereocenters. The maximum Gasteiger partial charge on any atom is 0.236 e. The molecule has 0 radical (unpaired) electrons. The minimum atomic E-state index is -0.0568. The fraction of sp³-hybridized carbons (Fsp3) is 0.364. The van der Waals surface area contributed by atoms with Crippen LogP contribution in [0.15, 0.2) is 30.3 Å². The van der Waals surface area contributed by atoms with Gasteiger partial charge in [-0.1, -0.05) is 37.3 Å². The second kappa shape index (κ2) is 5.49. The first kappa shape index (κ1) is 13.0.